The number of benzene rings is 1. The molecule has 96 valence electrons. The Labute approximate surface area is 99.4 Å². The third kappa shape index (κ3) is 2.79. The molecular formula is C11H8F4N2O. The van der Waals surface area contributed by atoms with Crippen LogP contribution in [0.3, 0.4) is 0 Å². The zero-order valence-corrected chi connectivity index (χ0v) is 8.96. The van der Waals surface area contributed by atoms with Gasteiger partial charge in [0, 0.05) is 6.07 Å². The largest absolute Gasteiger partial charge is 0.416 e. The van der Waals surface area contributed by atoms with Crippen LogP contribution in [-0.2, 0) is 12.7 Å². The van der Waals surface area contributed by atoms with Gasteiger partial charge in [-0.25, -0.2) is 4.39 Å². The molecule has 7 heteroatoms. The molecule has 0 aliphatic rings. The quantitative estimate of drug-likeness (QED) is 0.859. The van der Waals surface area contributed by atoms with Crippen molar-refractivity contribution < 1.29 is 22.1 Å². The molecular weight excluding hydrogens is 252 g/mol. The van der Waals surface area contributed by atoms with E-state index in [0.29, 0.717) is 11.8 Å². The SMILES string of the molecule is Fc1cc(C(F)(F)F)ccc1NCc1ccno1. The summed E-state index contributed by atoms with van der Waals surface area (Å²) in [6, 6.07) is 3.86. The molecule has 0 bridgehead atoms. The lowest BCUT2D eigenvalue weighted by atomic mass is 10.2. The standard InChI is InChI=1S/C11H8F4N2O/c12-9-5-7(11(13,14)15)1-2-10(9)16-6-8-3-4-17-18-8/h1-5,16H,6H2. The first-order valence-corrected chi connectivity index (χ1v) is 4.97. The van der Waals surface area contributed by atoms with E-state index >= 15 is 0 Å². The molecule has 0 radical (unpaired) electrons. The van der Waals surface area contributed by atoms with E-state index in [9.17, 15) is 17.6 Å². The number of hydrogen-bond donors (Lipinski definition) is 1. The van der Waals surface area contributed by atoms with Crippen LogP contribution >= 0.6 is 0 Å². The van der Waals surface area contributed by atoms with E-state index in [1.54, 1.807) is 6.07 Å². The monoisotopic (exact) mass is 260 g/mol. The summed E-state index contributed by atoms with van der Waals surface area (Å²) in [5.74, 6) is -0.515. The maximum Gasteiger partial charge on any atom is 0.416 e. The Balaban J connectivity index is 2.10. The average Bonchev–Trinajstić information content (AvgIpc) is 2.79. The molecule has 1 aromatic heterocycles. The maximum absolute atomic E-state index is 13.4. The Morgan fingerprint density at radius 2 is 2.00 bits per heavy atom. The molecule has 2 aromatic rings. The molecule has 0 spiro atoms. The van der Waals surface area contributed by atoms with Crippen LogP contribution < -0.4 is 5.32 Å². The molecule has 1 aromatic carbocycles. The zero-order valence-electron chi connectivity index (χ0n) is 8.96. The summed E-state index contributed by atoms with van der Waals surface area (Å²) in [7, 11) is 0. The molecule has 2 rings (SSSR count). The van der Waals surface area contributed by atoms with Crippen LogP contribution in [0.4, 0.5) is 23.2 Å². The summed E-state index contributed by atoms with van der Waals surface area (Å²) in [6.07, 6.45) is -3.13. The molecule has 0 aliphatic heterocycles. The van der Waals surface area contributed by atoms with E-state index in [-0.39, 0.29) is 12.2 Å². The summed E-state index contributed by atoms with van der Waals surface area (Å²) in [4.78, 5) is 0. The highest BCUT2D eigenvalue weighted by atomic mass is 19.4. The number of aromatic nitrogens is 1. The first-order valence-electron chi connectivity index (χ1n) is 4.97. The van der Waals surface area contributed by atoms with Gasteiger partial charge in [0.1, 0.15) is 5.82 Å². The van der Waals surface area contributed by atoms with Crippen LogP contribution in [0, 0.1) is 5.82 Å². The number of nitrogens with zero attached hydrogens (tertiary/aromatic N) is 1. The third-order valence-corrected chi connectivity index (χ3v) is 2.24. The normalized spacial score (nSPS) is 11.6. The maximum atomic E-state index is 13.4. The van der Waals surface area contributed by atoms with E-state index in [1.165, 1.54) is 6.20 Å². The van der Waals surface area contributed by atoms with Gasteiger partial charge in [-0.2, -0.15) is 13.2 Å². The Bertz CT molecular complexity index is 522. The lowest BCUT2D eigenvalue weighted by Crippen LogP contribution is -2.07. The Morgan fingerprint density at radius 1 is 1.22 bits per heavy atom. The van der Waals surface area contributed by atoms with E-state index in [4.69, 9.17) is 4.52 Å². The molecule has 0 unspecified atom stereocenters. The summed E-state index contributed by atoms with van der Waals surface area (Å²) < 4.78 is 55.1. The van der Waals surface area contributed by atoms with Gasteiger partial charge < -0.3 is 9.84 Å². The second-order valence-corrected chi connectivity index (χ2v) is 3.52. The minimum Gasteiger partial charge on any atom is -0.375 e. The van der Waals surface area contributed by atoms with Crippen molar-refractivity contribution >= 4 is 5.69 Å². The molecule has 3 nitrogen and oxygen atoms in total. The first-order chi connectivity index (χ1) is 8.47. The van der Waals surface area contributed by atoms with Gasteiger partial charge in [0.2, 0.25) is 0 Å². The van der Waals surface area contributed by atoms with Gasteiger partial charge in [0.05, 0.1) is 24.0 Å². The molecule has 0 atom stereocenters. The summed E-state index contributed by atoms with van der Waals surface area (Å²) >= 11 is 0. The fourth-order valence-electron chi connectivity index (χ4n) is 1.35. The average molecular weight is 260 g/mol. The lowest BCUT2D eigenvalue weighted by molar-refractivity contribution is -0.137. The highest BCUT2D eigenvalue weighted by Gasteiger charge is 2.31. The summed E-state index contributed by atoms with van der Waals surface area (Å²) in [5.41, 5.74) is -1.05. The predicted molar refractivity (Wildman–Crippen MR) is 55.2 cm³/mol. The first kappa shape index (κ1) is 12.4. The molecule has 0 fully saturated rings. The fraction of sp³-hybridized carbons (Fsp3) is 0.182. The van der Waals surface area contributed by atoms with Crippen LogP contribution in [0.15, 0.2) is 35.0 Å². The van der Waals surface area contributed by atoms with Gasteiger partial charge in [0.25, 0.3) is 0 Å². The van der Waals surface area contributed by atoms with Crippen molar-refractivity contribution in [3.63, 3.8) is 0 Å². The number of anilines is 1. The fourth-order valence-corrected chi connectivity index (χ4v) is 1.35. The molecule has 18 heavy (non-hydrogen) atoms. The van der Waals surface area contributed by atoms with Gasteiger partial charge in [0.15, 0.2) is 5.76 Å². The summed E-state index contributed by atoms with van der Waals surface area (Å²) in [6.45, 7) is 0.141. The highest BCUT2D eigenvalue weighted by molar-refractivity contribution is 5.46. The molecule has 1 N–H and O–H groups in total. The van der Waals surface area contributed by atoms with E-state index < -0.39 is 17.6 Å². The van der Waals surface area contributed by atoms with Crippen molar-refractivity contribution in [1.29, 1.82) is 0 Å². The Hall–Kier alpha value is -2.05. The zero-order chi connectivity index (χ0) is 13.2. The van der Waals surface area contributed by atoms with Crippen molar-refractivity contribution in [3.05, 3.63) is 47.6 Å². The molecule has 0 saturated heterocycles. The molecule has 0 aliphatic carbocycles. The Morgan fingerprint density at radius 3 is 2.56 bits per heavy atom. The van der Waals surface area contributed by atoms with Crippen molar-refractivity contribution in [2.24, 2.45) is 0 Å². The van der Waals surface area contributed by atoms with Gasteiger partial charge in [-0.3, -0.25) is 0 Å². The number of alkyl halides is 3. The number of hydrogen-bond acceptors (Lipinski definition) is 3. The van der Waals surface area contributed by atoms with Crippen LogP contribution in [0.2, 0.25) is 0 Å². The topological polar surface area (TPSA) is 38.1 Å². The van der Waals surface area contributed by atoms with Crippen molar-refractivity contribution in [1.82, 2.24) is 5.16 Å². The van der Waals surface area contributed by atoms with Crippen LogP contribution in [0.1, 0.15) is 11.3 Å². The van der Waals surface area contributed by atoms with Crippen molar-refractivity contribution in [3.8, 4) is 0 Å². The van der Waals surface area contributed by atoms with E-state index in [1.807, 2.05) is 0 Å². The predicted octanol–water partition coefficient (Wildman–Crippen LogP) is 3.44. The van der Waals surface area contributed by atoms with Crippen molar-refractivity contribution in [2.75, 3.05) is 5.32 Å². The second kappa shape index (κ2) is 4.67. The van der Waals surface area contributed by atoms with E-state index in [0.717, 1.165) is 12.1 Å². The number of halogens is 4. The number of rotatable bonds is 3. The van der Waals surface area contributed by atoms with Gasteiger partial charge in [-0.15, -0.1) is 0 Å². The molecule has 0 saturated carbocycles. The minimum absolute atomic E-state index is 0.0283. The second-order valence-electron chi connectivity index (χ2n) is 3.52. The third-order valence-electron chi connectivity index (χ3n) is 2.24. The molecule has 1 heterocycles. The highest BCUT2D eigenvalue weighted by Crippen LogP contribution is 2.31. The van der Waals surface area contributed by atoms with Crippen LogP contribution in [0.25, 0.3) is 0 Å². The van der Waals surface area contributed by atoms with Crippen LogP contribution in [-0.4, -0.2) is 5.16 Å². The lowest BCUT2D eigenvalue weighted by Gasteiger charge is -2.10. The van der Waals surface area contributed by atoms with Crippen LogP contribution in [0.5, 0.6) is 0 Å². The van der Waals surface area contributed by atoms with Gasteiger partial charge in [-0.05, 0) is 18.2 Å². The Kier molecular flexibility index (Phi) is 3.22. The minimum atomic E-state index is -4.55. The summed E-state index contributed by atoms with van der Waals surface area (Å²) in [5, 5.41) is 6.06. The smallest absolute Gasteiger partial charge is 0.375 e. The van der Waals surface area contributed by atoms with Crippen molar-refractivity contribution in [2.45, 2.75) is 12.7 Å². The van der Waals surface area contributed by atoms with E-state index in [2.05, 4.69) is 10.5 Å². The molecule has 0 amide bonds. The van der Waals surface area contributed by atoms with Gasteiger partial charge in [-0.1, -0.05) is 5.16 Å². The van der Waals surface area contributed by atoms with Gasteiger partial charge >= 0.3 is 6.18 Å². The number of nitrogens with one attached hydrogen (secondary N) is 1.